The SMILES string of the molecule is CCN(CC)S(=O)(=O)c1ccc(C(=O)NCC(=O)N/N=C/c2c(Cl)cccc2Cl)cc1. The lowest BCUT2D eigenvalue weighted by Crippen LogP contribution is -2.35. The predicted octanol–water partition coefficient (Wildman–Crippen LogP) is 2.90. The lowest BCUT2D eigenvalue weighted by atomic mass is 10.2. The molecule has 0 heterocycles. The molecule has 31 heavy (non-hydrogen) atoms. The third-order valence-corrected chi connectivity index (χ3v) is 6.98. The molecule has 0 radical (unpaired) electrons. The molecule has 0 saturated carbocycles. The number of hydrogen-bond acceptors (Lipinski definition) is 5. The van der Waals surface area contributed by atoms with Crippen LogP contribution in [0.2, 0.25) is 10.0 Å². The lowest BCUT2D eigenvalue weighted by molar-refractivity contribution is -0.120. The lowest BCUT2D eigenvalue weighted by Gasteiger charge is -2.18. The third-order valence-electron chi connectivity index (χ3n) is 4.25. The van der Waals surface area contributed by atoms with Crippen LogP contribution in [0.15, 0.2) is 52.5 Å². The molecule has 2 N–H and O–H groups in total. The van der Waals surface area contributed by atoms with Gasteiger partial charge in [0.2, 0.25) is 10.0 Å². The van der Waals surface area contributed by atoms with Gasteiger partial charge in [-0.25, -0.2) is 13.8 Å². The Bertz CT molecular complexity index is 1050. The zero-order valence-electron chi connectivity index (χ0n) is 16.9. The van der Waals surface area contributed by atoms with Crippen LogP contribution in [0.4, 0.5) is 0 Å². The van der Waals surface area contributed by atoms with E-state index in [1.807, 2.05) is 0 Å². The zero-order chi connectivity index (χ0) is 23.0. The Morgan fingerprint density at radius 2 is 1.61 bits per heavy atom. The van der Waals surface area contributed by atoms with Crippen molar-refractivity contribution in [3.05, 3.63) is 63.6 Å². The topological polar surface area (TPSA) is 108 Å². The van der Waals surface area contributed by atoms with E-state index in [1.165, 1.54) is 34.8 Å². The number of benzene rings is 2. The molecule has 0 fully saturated rings. The minimum atomic E-state index is -3.61. The third kappa shape index (κ3) is 6.51. The van der Waals surface area contributed by atoms with Gasteiger partial charge in [-0.2, -0.15) is 9.41 Å². The van der Waals surface area contributed by atoms with Crippen molar-refractivity contribution in [2.75, 3.05) is 19.6 Å². The van der Waals surface area contributed by atoms with Gasteiger partial charge in [-0.05, 0) is 36.4 Å². The number of carbonyl (C=O) groups excluding carboxylic acids is 2. The summed E-state index contributed by atoms with van der Waals surface area (Å²) < 4.78 is 26.3. The van der Waals surface area contributed by atoms with Crippen LogP contribution < -0.4 is 10.7 Å². The van der Waals surface area contributed by atoms with E-state index in [0.717, 1.165) is 0 Å². The summed E-state index contributed by atoms with van der Waals surface area (Å²) in [5, 5.41) is 6.97. The molecule has 0 bridgehead atoms. The molecule has 11 heteroatoms. The minimum Gasteiger partial charge on any atom is -0.343 e. The van der Waals surface area contributed by atoms with Gasteiger partial charge in [0, 0.05) is 24.2 Å². The number of halogens is 2. The Labute approximate surface area is 191 Å². The highest BCUT2D eigenvalue weighted by molar-refractivity contribution is 7.89. The summed E-state index contributed by atoms with van der Waals surface area (Å²) in [6.45, 7) is 3.87. The molecule has 0 atom stereocenters. The number of rotatable bonds is 9. The molecule has 0 aromatic heterocycles. The molecule has 0 spiro atoms. The Hall–Kier alpha value is -2.46. The van der Waals surface area contributed by atoms with Crippen molar-refractivity contribution in [3.8, 4) is 0 Å². The molecule has 0 saturated heterocycles. The number of hydrogen-bond donors (Lipinski definition) is 2. The quantitative estimate of drug-likeness (QED) is 0.421. The summed E-state index contributed by atoms with van der Waals surface area (Å²) in [5.74, 6) is -1.09. The number of nitrogens with zero attached hydrogens (tertiary/aromatic N) is 2. The molecule has 0 unspecified atom stereocenters. The average molecular weight is 485 g/mol. The molecule has 2 aromatic rings. The van der Waals surface area contributed by atoms with Gasteiger partial charge in [0.25, 0.3) is 11.8 Å². The Morgan fingerprint density at radius 1 is 1.03 bits per heavy atom. The molecule has 2 rings (SSSR count). The second-order valence-corrected chi connectivity index (χ2v) is 8.98. The minimum absolute atomic E-state index is 0.0954. The zero-order valence-corrected chi connectivity index (χ0v) is 19.3. The predicted molar refractivity (Wildman–Crippen MR) is 121 cm³/mol. The van der Waals surface area contributed by atoms with E-state index in [1.54, 1.807) is 32.0 Å². The first-order valence-corrected chi connectivity index (χ1v) is 11.5. The monoisotopic (exact) mass is 484 g/mol. The first-order chi connectivity index (χ1) is 14.7. The van der Waals surface area contributed by atoms with Crippen LogP contribution >= 0.6 is 23.2 Å². The number of sulfonamides is 1. The fourth-order valence-electron chi connectivity index (χ4n) is 2.60. The highest BCUT2D eigenvalue weighted by Crippen LogP contribution is 2.22. The Morgan fingerprint density at radius 3 is 2.16 bits per heavy atom. The van der Waals surface area contributed by atoms with E-state index in [0.29, 0.717) is 28.7 Å². The number of amides is 2. The standard InChI is InChI=1S/C20H22Cl2N4O4S/c1-3-26(4-2)31(29,30)15-10-8-14(9-11-15)20(28)23-13-19(27)25-24-12-16-17(21)6-5-7-18(16)22/h5-12H,3-4,13H2,1-2H3,(H,23,28)(H,25,27)/b24-12+. The van der Waals surface area contributed by atoms with Crippen molar-refractivity contribution >= 4 is 51.3 Å². The second kappa shape index (κ2) is 11.2. The fraction of sp³-hybridized carbons (Fsp3) is 0.250. The summed E-state index contributed by atoms with van der Waals surface area (Å²) in [6, 6.07) is 10.5. The van der Waals surface area contributed by atoms with Crippen molar-refractivity contribution in [3.63, 3.8) is 0 Å². The van der Waals surface area contributed by atoms with Crippen LogP contribution in [-0.2, 0) is 14.8 Å². The molecule has 0 aliphatic heterocycles. The summed E-state index contributed by atoms with van der Waals surface area (Å²) in [6.07, 6.45) is 1.31. The van der Waals surface area contributed by atoms with E-state index in [2.05, 4.69) is 15.8 Å². The van der Waals surface area contributed by atoms with Crippen molar-refractivity contribution in [2.24, 2.45) is 5.10 Å². The van der Waals surface area contributed by atoms with E-state index in [4.69, 9.17) is 23.2 Å². The van der Waals surface area contributed by atoms with Crippen LogP contribution in [0.5, 0.6) is 0 Å². The summed E-state index contributed by atoms with van der Waals surface area (Å²) in [4.78, 5) is 24.2. The molecule has 2 aromatic carbocycles. The van der Waals surface area contributed by atoms with Gasteiger partial charge >= 0.3 is 0 Å². The maximum absolute atomic E-state index is 12.5. The van der Waals surface area contributed by atoms with Gasteiger partial charge in [0.05, 0.1) is 27.7 Å². The van der Waals surface area contributed by atoms with Gasteiger partial charge in [-0.1, -0.05) is 43.1 Å². The van der Waals surface area contributed by atoms with E-state index >= 15 is 0 Å². The molecule has 8 nitrogen and oxygen atoms in total. The van der Waals surface area contributed by atoms with Crippen LogP contribution in [0.3, 0.4) is 0 Å². The highest BCUT2D eigenvalue weighted by atomic mass is 35.5. The normalized spacial score (nSPS) is 11.6. The molecule has 0 aliphatic carbocycles. The first kappa shape index (κ1) is 24.8. The van der Waals surface area contributed by atoms with Crippen LogP contribution in [0, 0.1) is 0 Å². The van der Waals surface area contributed by atoms with Gasteiger partial charge in [-0.15, -0.1) is 0 Å². The number of carbonyl (C=O) groups is 2. The van der Waals surface area contributed by atoms with Crippen molar-refractivity contribution in [2.45, 2.75) is 18.7 Å². The molecule has 166 valence electrons. The van der Waals surface area contributed by atoms with Gasteiger partial charge in [0.15, 0.2) is 0 Å². The average Bonchev–Trinajstić information content (AvgIpc) is 2.75. The summed E-state index contributed by atoms with van der Waals surface area (Å²) in [7, 11) is -3.61. The van der Waals surface area contributed by atoms with Gasteiger partial charge in [-0.3, -0.25) is 9.59 Å². The van der Waals surface area contributed by atoms with Crippen molar-refractivity contribution in [1.82, 2.24) is 15.0 Å². The van der Waals surface area contributed by atoms with Gasteiger partial charge in [0.1, 0.15) is 0 Å². The maximum Gasteiger partial charge on any atom is 0.259 e. The van der Waals surface area contributed by atoms with E-state index in [9.17, 15) is 18.0 Å². The summed E-state index contributed by atoms with van der Waals surface area (Å²) in [5.41, 5.74) is 2.93. The molecule has 0 aliphatic rings. The smallest absolute Gasteiger partial charge is 0.259 e. The van der Waals surface area contributed by atoms with E-state index < -0.39 is 21.8 Å². The van der Waals surface area contributed by atoms with Crippen LogP contribution in [0.25, 0.3) is 0 Å². The number of hydrazone groups is 1. The Balaban J connectivity index is 1.92. The van der Waals surface area contributed by atoms with Crippen LogP contribution in [0.1, 0.15) is 29.8 Å². The van der Waals surface area contributed by atoms with Gasteiger partial charge < -0.3 is 5.32 Å². The van der Waals surface area contributed by atoms with Crippen LogP contribution in [-0.4, -0.2) is 50.4 Å². The highest BCUT2D eigenvalue weighted by Gasteiger charge is 2.21. The number of nitrogens with one attached hydrogen (secondary N) is 2. The second-order valence-electron chi connectivity index (χ2n) is 6.22. The largest absolute Gasteiger partial charge is 0.343 e. The molecular weight excluding hydrogens is 463 g/mol. The Kier molecular flexibility index (Phi) is 9.00. The summed E-state index contributed by atoms with van der Waals surface area (Å²) >= 11 is 12.0. The fourth-order valence-corrected chi connectivity index (χ4v) is 4.55. The van der Waals surface area contributed by atoms with E-state index in [-0.39, 0.29) is 17.0 Å². The maximum atomic E-state index is 12.5. The molecular formula is C20H22Cl2N4O4S. The van der Waals surface area contributed by atoms with Crippen molar-refractivity contribution < 1.29 is 18.0 Å². The first-order valence-electron chi connectivity index (χ1n) is 9.35. The van der Waals surface area contributed by atoms with Crippen molar-refractivity contribution in [1.29, 1.82) is 0 Å². The molecule has 2 amide bonds.